The molecule has 0 unspecified atom stereocenters. The van der Waals surface area contributed by atoms with Crippen LogP contribution in [0.5, 0.6) is 0 Å². The number of hydrogen-bond donors (Lipinski definition) is 0. The Morgan fingerprint density at radius 3 is 2.31 bits per heavy atom. The van der Waals surface area contributed by atoms with Crippen LogP contribution in [0.2, 0.25) is 0 Å². The molecule has 0 atom stereocenters. The molecule has 0 aliphatic carbocycles. The number of carbonyl (C=O) groups is 1. The highest BCUT2D eigenvalue weighted by Crippen LogP contribution is 2.21. The molecular formula is C23H30N2O3S. The molecule has 29 heavy (non-hydrogen) atoms. The Labute approximate surface area is 174 Å². The highest BCUT2D eigenvalue weighted by Gasteiger charge is 2.29. The van der Waals surface area contributed by atoms with Crippen LogP contribution in [0.4, 0.5) is 0 Å². The molecule has 0 bridgehead atoms. The van der Waals surface area contributed by atoms with Gasteiger partial charge in [-0.3, -0.25) is 4.79 Å². The van der Waals surface area contributed by atoms with Crippen LogP contribution in [0.25, 0.3) is 0 Å². The van der Waals surface area contributed by atoms with Crippen molar-refractivity contribution in [3.8, 4) is 0 Å². The van der Waals surface area contributed by atoms with Gasteiger partial charge in [-0.05, 0) is 50.3 Å². The van der Waals surface area contributed by atoms with Crippen molar-refractivity contribution in [2.75, 3.05) is 19.6 Å². The van der Waals surface area contributed by atoms with Crippen molar-refractivity contribution in [2.45, 2.75) is 45.1 Å². The molecule has 2 aromatic carbocycles. The third kappa shape index (κ3) is 5.46. The van der Waals surface area contributed by atoms with Gasteiger partial charge in [0.2, 0.25) is 15.9 Å². The third-order valence-electron chi connectivity index (χ3n) is 5.55. The Hall–Kier alpha value is -2.18. The van der Waals surface area contributed by atoms with Crippen LogP contribution in [0.15, 0.2) is 53.4 Å². The van der Waals surface area contributed by atoms with Crippen LogP contribution in [-0.4, -0.2) is 43.2 Å². The zero-order chi connectivity index (χ0) is 21.0. The van der Waals surface area contributed by atoms with Crippen LogP contribution in [-0.2, 0) is 21.4 Å². The number of hydrogen-bond acceptors (Lipinski definition) is 3. The molecule has 0 saturated carbocycles. The molecule has 1 aliphatic heterocycles. The minimum Gasteiger partial charge on any atom is -0.342 e. The van der Waals surface area contributed by atoms with E-state index < -0.39 is 10.0 Å². The van der Waals surface area contributed by atoms with Gasteiger partial charge >= 0.3 is 0 Å². The second-order valence-corrected chi connectivity index (χ2v) is 10.1. The molecule has 1 heterocycles. The lowest BCUT2D eigenvalue weighted by atomic mass is 9.99. The fraction of sp³-hybridized carbons (Fsp3) is 0.435. The number of benzene rings is 2. The van der Waals surface area contributed by atoms with Crippen molar-refractivity contribution in [1.29, 1.82) is 0 Å². The minimum absolute atomic E-state index is 0.125. The summed E-state index contributed by atoms with van der Waals surface area (Å²) < 4.78 is 28.0. The quantitative estimate of drug-likeness (QED) is 0.723. The number of likely N-dealkylation sites (tertiary alicyclic amines) is 1. The van der Waals surface area contributed by atoms with E-state index in [1.165, 1.54) is 4.31 Å². The van der Waals surface area contributed by atoms with Crippen LogP contribution < -0.4 is 0 Å². The molecule has 0 N–H and O–H groups in total. The molecule has 3 rings (SSSR count). The van der Waals surface area contributed by atoms with Gasteiger partial charge in [-0.2, -0.15) is 4.31 Å². The molecule has 1 fully saturated rings. The van der Waals surface area contributed by atoms with Crippen molar-refractivity contribution in [2.24, 2.45) is 5.92 Å². The van der Waals surface area contributed by atoms with Gasteiger partial charge in [0, 0.05) is 19.6 Å². The molecular weight excluding hydrogens is 384 g/mol. The monoisotopic (exact) mass is 414 g/mol. The van der Waals surface area contributed by atoms with Crippen molar-refractivity contribution in [3.05, 3.63) is 65.2 Å². The average molecular weight is 415 g/mol. The molecule has 1 aliphatic rings. The first-order valence-corrected chi connectivity index (χ1v) is 11.6. The Bertz CT molecular complexity index is 946. The zero-order valence-corrected chi connectivity index (χ0v) is 18.3. The molecule has 0 aromatic heterocycles. The zero-order valence-electron chi connectivity index (χ0n) is 17.5. The summed E-state index contributed by atoms with van der Waals surface area (Å²) in [6, 6.07) is 14.5. The summed E-state index contributed by atoms with van der Waals surface area (Å²) in [4.78, 5) is 14.9. The second-order valence-electron chi connectivity index (χ2n) is 8.14. The Morgan fingerprint density at radius 2 is 1.69 bits per heavy atom. The molecule has 2 aromatic rings. The van der Waals surface area contributed by atoms with E-state index in [1.54, 1.807) is 29.2 Å². The number of amides is 1. The minimum atomic E-state index is -3.79. The number of aryl methyl sites for hydroxylation is 2. The second kappa shape index (κ2) is 9.09. The summed E-state index contributed by atoms with van der Waals surface area (Å²) in [6.45, 7) is 7.51. The summed E-state index contributed by atoms with van der Waals surface area (Å²) in [5.74, 6) is 0.485. The summed E-state index contributed by atoms with van der Waals surface area (Å²) in [7, 11) is -3.79. The standard InChI is InChI=1S/C23H30N2O3S/c1-18-7-9-22(10-8-18)29(27,28)25(16-21-6-4-5-20(3)15-21)17-23(26)24-13-11-19(2)12-14-24/h4-10,15,19H,11-14,16-17H2,1-3H3. The topological polar surface area (TPSA) is 57.7 Å². The maximum absolute atomic E-state index is 13.4. The van der Waals surface area contributed by atoms with E-state index in [0.717, 1.165) is 29.5 Å². The molecule has 5 nitrogen and oxygen atoms in total. The highest BCUT2D eigenvalue weighted by atomic mass is 32.2. The highest BCUT2D eigenvalue weighted by molar-refractivity contribution is 7.89. The average Bonchev–Trinajstić information content (AvgIpc) is 2.68. The molecule has 1 amide bonds. The lowest BCUT2D eigenvalue weighted by Crippen LogP contribution is -2.45. The Morgan fingerprint density at radius 1 is 1.03 bits per heavy atom. The van der Waals surface area contributed by atoms with Crippen LogP contribution in [0.3, 0.4) is 0 Å². The van der Waals surface area contributed by atoms with E-state index in [-0.39, 0.29) is 23.9 Å². The lowest BCUT2D eigenvalue weighted by Gasteiger charge is -2.32. The van der Waals surface area contributed by atoms with Crippen LogP contribution >= 0.6 is 0 Å². The number of nitrogens with zero attached hydrogens (tertiary/aromatic N) is 2. The van der Waals surface area contributed by atoms with Gasteiger partial charge in [-0.1, -0.05) is 54.4 Å². The van der Waals surface area contributed by atoms with Gasteiger partial charge in [0.15, 0.2) is 0 Å². The number of sulfonamides is 1. The van der Waals surface area contributed by atoms with Crippen molar-refractivity contribution in [3.63, 3.8) is 0 Å². The number of carbonyl (C=O) groups excluding carboxylic acids is 1. The van der Waals surface area contributed by atoms with Gasteiger partial charge in [-0.15, -0.1) is 0 Å². The van der Waals surface area contributed by atoms with Crippen LogP contribution in [0.1, 0.15) is 36.5 Å². The summed E-state index contributed by atoms with van der Waals surface area (Å²) >= 11 is 0. The van der Waals surface area contributed by atoms with Gasteiger partial charge in [-0.25, -0.2) is 8.42 Å². The number of piperidine rings is 1. The molecule has 6 heteroatoms. The van der Waals surface area contributed by atoms with Crippen molar-refractivity contribution < 1.29 is 13.2 Å². The molecule has 0 spiro atoms. The van der Waals surface area contributed by atoms with E-state index in [4.69, 9.17) is 0 Å². The summed E-state index contributed by atoms with van der Waals surface area (Å²) in [5.41, 5.74) is 2.93. The largest absolute Gasteiger partial charge is 0.342 e. The molecule has 156 valence electrons. The smallest absolute Gasteiger partial charge is 0.243 e. The van der Waals surface area contributed by atoms with Gasteiger partial charge in [0.25, 0.3) is 0 Å². The Kier molecular flexibility index (Phi) is 6.75. The van der Waals surface area contributed by atoms with Gasteiger partial charge in [0.05, 0.1) is 11.4 Å². The van der Waals surface area contributed by atoms with Crippen molar-refractivity contribution >= 4 is 15.9 Å². The first-order chi connectivity index (χ1) is 13.8. The van der Waals surface area contributed by atoms with Gasteiger partial charge in [0.1, 0.15) is 0 Å². The van der Waals surface area contributed by atoms with Gasteiger partial charge < -0.3 is 4.90 Å². The first-order valence-electron chi connectivity index (χ1n) is 10.2. The van der Waals surface area contributed by atoms with E-state index in [1.807, 2.05) is 38.1 Å². The fourth-order valence-corrected chi connectivity index (χ4v) is 4.99. The predicted octanol–water partition coefficient (Wildman–Crippen LogP) is 3.75. The third-order valence-corrected chi connectivity index (χ3v) is 7.35. The first kappa shape index (κ1) is 21.5. The maximum atomic E-state index is 13.4. The fourth-order valence-electron chi connectivity index (χ4n) is 3.61. The maximum Gasteiger partial charge on any atom is 0.243 e. The van der Waals surface area contributed by atoms with Crippen molar-refractivity contribution in [1.82, 2.24) is 9.21 Å². The van der Waals surface area contributed by atoms with E-state index in [9.17, 15) is 13.2 Å². The SMILES string of the molecule is Cc1ccc(S(=O)(=O)N(CC(=O)N2CCC(C)CC2)Cc2cccc(C)c2)cc1. The predicted molar refractivity (Wildman–Crippen MR) is 115 cm³/mol. The van der Waals surface area contributed by atoms with E-state index in [2.05, 4.69) is 6.92 Å². The molecule has 1 saturated heterocycles. The number of rotatable bonds is 6. The lowest BCUT2D eigenvalue weighted by molar-refractivity contribution is -0.132. The summed E-state index contributed by atoms with van der Waals surface area (Å²) in [6.07, 6.45) is 1.93. The molecule has 0 radical (unpaired) electrons. The Balaban J connectivity index is 1.86. The van der Waals surface area contributed by atoms with E-state index >= 15 is 0 Å². The normalized spacial score (nSPS) is 15.7. The van der Waals surface area contributed by atoms with Crippen LogP contribution in [0, 0.1) is 19.8 Å². The van der Waals surface area contributed by atoms with E-state index in [0.29, 0.717) is 19.0 Å². The summed E-state index contributed by atoms with van der Waals surface area (Å²) in [5, 5.41) is 0.